The zero-order chi connectivity index (χ0) is 20.7. The number of aliphatic hydroxyl groups excluding tert-OH is 1. The number of halogens is 6. The first kappa shape index (κ1) is 25.4. The Morgan fingerprint density at radius 2 is 1.83 bits per heavy atom. The molecule has 0 aliphatic heterocycles. The number of hydrogen-bond acceptors (Lipinski definition) is 4. The molecule has 0 saturated carbocycles. The van der Waals surface area contributed by atoms with E-state index in [4.69, 9.17) is 33.7 Å². The summed E-state index contributed by atoms with van der Waals surface area (Å²) in [6.45, 7) is -0.174. The number of hydrogen-bond donors (Lipinski definition) is 3. The lowest BCUT2D eigenvalue weighted by molar-refractivity contribution is -0.274. The second-order valence-electron chi connectivity index (χ2n) is 5.44. The number of anilines is 1. The largest absolute Gasteiger partial charge is 0.573 e. The molecule has 0 aromatic heterocycles. The minimum atomic E-state index is -4.76. The first-order chi connectivity index (χ1) is 13.1. The Morgan fingerprint density at radius 3 is 2.45 bits per heavy atom. The molecule has 29 heavy (non-hydrogen) atoms. The summed E-state index contributed by atoms with van der Waals surface area (Å²) in [6, 6.07) is 9.79. The SMILES string of the molecule is I.NC(=NCC(O)COc1cccc(Cl)c1Cl)Nc1ccc(OC(F)(F)F)cc1. The van der Waals surface area contributed by atoms with E-state index in [2.05, 4.69) is 15.0 Å². The van der Waals surface area contributed by atoms with Crippen LogP contribution >= 0.6 is 47.2 Å². The molecule has 1 unspecified atom stereocenters. The van der Waals surface area contributed by atoms with Crippen LogP contribution in [0.4, 0.5) is 18.9 Å². The number of rotatable bonds is 7. The maximum atomic E-state index is 12.1. The number of nitrogens with two attached hydrogens (primary N) is 1. The molecule has 12 heteroatoms. The molecule has 0 bridgehead atoms. The molecule has 0 aliphatic carbocycles. The normalized spacial score (nSPS) is 12.7. The number of nitrogens with zero attached hydrogens (tertiary/aromatic N) is 1. The summed E-state index contributed by atoms with van der Waals surface area (Å²) in [5.41, 5.74) is 6.08. The average molecular weight is 566 g/mol. The number of aliphatic hydroxyl groups is 1. The van der Waals surface area contributed by atoms with Crippen LogP contribution in [0.5, 0.6) is 11.5 Å². The molecule has 0 radical (unpaired) electrons. The van der Waals surface area contributed by atoms with Crippen molar-refractivity contribution in [1.82, 2.24) is 0 Å². The third-order valence-electron chi connectivity index (χ3n) is 3.18. The molecular weight excluding hydrogens is 549 g/mol. The molecule has 0 heterocycles. The van der Waals surface area contributed by atoms with Crippen molar-refractivity contribution in [1.29, 1.82) is 0 Å². The highest BCUT2D eigenvalue weighted by atomic mass is 127. The third-order valence-corrected chi connectivity index (χ3v) is 3.98. The van der Waals surface area contributed by atoms with E-state index in [1.54, 1.807) is 18.2 Å². The molecule has 0 fully saturated rings. The molecule has 0 saturated heterocycles. The van der Waals surface area contributed by atoms with Gasteiger partial charge in [-0.25, -0.2) is 0 Å². The predicted molar refractivity (Wildman–Crippen MR) is 117 cm³/mol. The van der Waals surface area contributed by atoms with Gasteiger partial charge in [0.1, 0.15) is 29.2 Å². The van der Waals surface area contributed by atoms with Crippen LogP contribution in [0.15, 0.2) is 47.5 Å². The van der Waals surface area contributed by atoms with Crippen molar-refractivity contribution >= 4 is 58.8 Å². The number of ether oxygens (including phenoxy) is 2. The first-order valence-electron chi connectivity index (χ1n) is 7.81. The van der Waals surface area contributed by atoms with Crippen LogP contribution in [0.3, 0.4) is 0 Å². The zero-order valence-electron chi connectivity index (χ0n) is 14.6. The van der Waals surface area contributed by atoms with Gasteiger partial charge in [-0.15, -0.1) is 37.1 Å². The van der Waals surface area contributed by atoms with Gasteiger partial charge in [0.2, 0.25) is 0 Å². The van der Waals surface area contributed by atoms with Crippen molar-refractivity contribution in [3.63, 3.8) is 0 Å². The Balaban J connectivity index is 0.00000420. The number of guanidine groups is 1. The van der Waals surface area contributed by atoms with Gasteiger partial charge in [0.05, 0.1) is 11.6 Å². The summed E-state index contributed by atoms with van der Waals surface area (Å²) in [5.74, 6) is -0.0745. The van der Waals surface area contributed by atoms with E-state index < -0.39 is 12.5 Å². The summed E-state index contributed by atoms with van der Waals surface area (Å²) in [5, 5.41) is 13.2. The summed E-state index contributed by atoms with van der Waals surface area (Å²) in [4.78, 5) is 3.94. The highest BCUT2D eigenvalue weighted by Crippen LogP contribution is 2.31. The topological polar surface area (TPSA) is 89.1 Å². The van der Waals surface area contributed by atoms with Crippen molar-refractivity contribution in [3.05, 3.63) is 52.5 Å². The van der Waals surface area contributed by atoms with Gasteiger partial charge in [0.25, 0.3) is 0 Å². The predicted octanol–water partition coefficient (Wildman–Crippen LogP) is 4.68. The number of aliphatic imine (C=N–C) groups is 1. The highest BCUT2D eigenvalue weighted by Gasteiger charge is 2.30. The molecule has 0 aliphatic rings. The molecule has 160 valence electrons. The van der Waals surface area contributed by atoms with E-state index in [0.29, 0.717) is 16.5 Å². The fourth-order valence-corrected chi connectivity index (χ4v) is 2.31. The Labute approximate surface area is 191 Å². The fraction of sp³-hybridized carbons (Fsp3) is 0.235. The summed E-state index contributed by atoms with van der Waals surface area (Å²) in [6.07, 6.45) is -5.74. The van der Waals surface area contributed by atoms with Gasteiger partial charge in [-0.3, -0.25) is 4.99 Å². The Kier molecular flexibility index (Phi) is 10.1. The molecule has 2 aromatic carbocycles. The molecule has 0 spiro atoms. The molecule has 2 aromatic rings. The van der Waals surface area contributed by atoms with E-state index in [9.17, 15) is 18.3 Å². The maximum Gasteiger partial charge on any atom is 0.573 e. The number of alkyl halides is 3. The lowest BCUT2D eigenvalue weighted by Crippen LogP contribution is -2.27. The van der Waals surface area contributed by atoms with Crippen molar-refractivity contribution in [3.8, 4) is 11.5 Å². The quantitative estimate of drug-likeness (QED) is 0.258. The molecule has 1 atom stereocenters. The van der Waals surface area contributed by atoms with E-state index in [-0.39, 0.29) is 53.9 Å². The highest BCUT2D eigenvalue weighted by molar-refractivity contribution is 14.0. The Morgan fingerprint density at radius 1 is 1.17 bits per heavy atom. The molecular formula is C17H17Cl2F3IN3O3. The van der Waals surface area contributed by atoms with Crippen LogP contribution < -0.4 is 20.5 Å². The minimum Gasteiger partial charge on any atom is -0.489 e. The van der Waals surface area contributed by atoms with Gasteiger partial charge < -0.3 is 25.6 Å². The summed E-state index contributed by atoms with van der Waals surface area (Å²) >= 11 is 11.8. The second-order valence-corrected chi connectivity index (χ2v) is 6.23. The second kappa shape index (κ2) is 11.5. The van der Waals surface area contributed by atoms with Gasteiger partial charge in [0.15, 0.2) is 5.96 Å². The van der Waals surface area contributed by atoms with Crippen LogP contribution in [0.2, 0.25) is 10.0 Å². The minimum absolute atomic E-state index is 0. The average Bonchev–Trinajstić information content (AvgIpc) is 2.61. The number of benzene rings is 2. The van der Waals surface area contributed by atoms with E-state index in [1.165, 1.54) is 12.1 Å². The summed E-state index contributed by atoms with van der Waals surface area (Å²) < 4.78 is 45.5. The standard InChI is InChI=1S/C17H16Cl2F3N3O3.HI/c18-13-2-1-3-14(15(13)19)27-9-11(26)8-24-16(23)25-10-4-6-12(7-5-10)28-17(20,21)22;/h1-7,11,26H,8-9H2,(H3,23,24,25);1H. The van der Waals surface area contributed by atoms with E-state index in [0.717, 1.165) is 12.1 Å². The van der Waals surface area contributed by atoms with Gasteiger partial charge in [-0.05, 0) is 36.4 Å². The van der Waals surface area contributed by atoms with Crippen molar-refractivity contribution in [2.75, 3.05) is 18.5 Å². The third kappa shape index (κ3) is 9.15. The zero-order valence-corrected chi connectivity index (χ0v) is 18.5. The van der Waals surface area contributed by atoms with Crippen LogP contribution in [0.1, 0.15) is 0 Å². The molecule has 2 rings (SSSR count). The van der Waals surface area contributed by atoms with Crippen LogP contribution in [-0.2, 0) is 0 Å². The van der Waals surface area contributed by atoms with Crippen molar-refractivity contribution in [2.45, 2.75) is 12.5 Å². The van der Waals surface area contributed by atoms with E-state index in [1.807, 2.05) is 0 Å². The van der Waals surface area contributed by atoms with Gasteiger partial charge in [-0.2, -0.15) is 0 Å². The maximum absolute atomic E-state index is 12.1. The molecule has 4 N–H and O–H groups in total. The number of nitrogens with one attached hydrogen (secondary N) is 1. The van der Waals surface area contributed by atoms with Crippen LogP contribution in [0, 0.1) is 0 Å². The molecule has 6 nitrogen and oxygen atoms in total. The Bertz CT molecular complexity index is 824. The molecule has 0 amide bonds. The first-order valence-corrected chi connectivity index (χ1v) is 8.57. The Hall–Kier alpha value is -1.63. The van der Waals surface area contributed by atoms with Gasteiger partial charge in [0, 0.05) is 5.69 Å². The van der Waals surface area contributed by atoms with Crippen molar-refractivity contribution < 1.29 is 27.8 Å². The monoisotopic (exact) mass is 565 g/mol. The summed E-state index contributed by atoms with van der Waals surface area (Å²) in [7, 11) is 0. The lowest BCUT2D eigenvalue weighted by Gasteiger charge is -2.13. The van der Waals surface area contributed by atoms with Gasteiger partial charge in [-0.1, -0.05) is 29.3 Å². The van der Waals surface area contributed by atoms with Gasteiger partial charge >= 0.3 is 6.36 Å². The van der Waals surface area contributed by atoms with Crippen LogP contribution in [0.25, 0.3) is 0 Å². The van der Waals surface area contributed by atoms with Crippen LogP contribution in [-0.4, -0.2) is 36.7 Å². The lowest BCUT2D eigenvalue weighted by atomic mass is 10.3. The van der Waals surface area contributed by atoms with Crippen molar-refractivity contribution in [2.24, 2.45) is 10.7 Å². The fourth-order valence-electron chi connectivity index (χ4n) is 1.97. The van der Waals surface area contributed by atoms with E-state index >= 15 is 0 Å². The smallest absolute Gasteiger partial charge is 0.489 e.